The van der Waals surface area contributed by atoms with E-state index in [-0.39, 0.29) is 5.75 Å². The molecule has 0 fully saturated rings. The highest BCUT2D eigenvalue weighted by Gasteiger charge is 2.30. The third kappa shape index (κ3) is 5.02. The number of rotatable bonds is 5. The second-order valence-corrected chi connectivity index (χ2v) is 5.04. The average Bonchev–Trinajstić information content (AvgIpc) is 2.53. The molecule has 0 spiro atoms. The highest BCUT2D eigenvalue weighted by Crippen LogP contribution is 2.27. The van der Waals surface area contributed by atoms with Gasteiger partial charge in [0, 0.05) is 29.4 Å². The van der Waals surface area contributed by atoms with Crippen LogP contribution in [0.5, 0.6) is 17.2 Å². The van der Waals surface area contributed by atoms with Gasteiger partial charge in [0.15, 0.2) is 0 Å². The first-order valence-corrected chi connectivity index (χ1v) is 7.12. The number of ether oxygens (including phenoxy) is 3. The summed E-state index contributed by atoms with van der Waals surface area (Å²) in [6.07, 6.45) is -4.72. The standard InChI is InChI=1S/C16H14F3NO3S/c1-21-13-7-11(8-14(9-13)22-2)20-15(24)10-3-5-12(6-4-10)23-16(17,18)19/h3-9H,1-2H3,(H,20,24). The minimum absolute atomic E-state index is 0.308. The second-order valence-electron chi connectivity index (χ2n) is 4.63. The van der Waals surface area contributed by atoms with Crippen LogP contribution in [0.25, 0.3) is 0 Å². The number of alkyl halides is 3. The molecule has 2 rings (SSSR count). The molecule has 2 aromatic rings. The molecule has 0 atom stereocenters. The summed E-state index contributed by atoms with van der Waals surface area (Å²) in [5.74, 6) is 0.847. The second kappa shape index (κ2) is 7.39. The first-order chi connectivity index (χ1) is 11.3. The Morgan fingerprint density at radius 1 is 0.917 bits per heavy atom. The summed E-state index contributed by atoms with van der Waals surface area (Å²) in [6.45, 7) is 0. The van der Waals surface area contributed by atoms with Gasteiger partial charge in [0.25, 0.3) is 0 Å². The molecule has 0 saturated carbocycles. The molecule has 8 heteroatoms. The number of nitrogens with one attached hydrogen (secondary N) is 1. The smallest absolute Gasteiger partial charge is 0.497 e. The lowest BCUT2D eigenvalue weighted by molar-refractivity contribution is -0.274. The number of hydrogen-bond donors (Lipinski definition) is 1. The zero-order valence-electron chi connectivity index (χ0n) is 12.8. The molecular formula is C16H14F3NO3S. The summed E-state index contributed by atoms with van der Waals surface area (Å²) in [7, 11) is 3.05. The van der Waals surface area contributed by atoms with E-state index < -0.39 is 6.36 Å². The zero-order valence-corrected chi connectivity index (χ0v) is 13.6. The Bertz CT molecular complexity index is 695. The predicted octanol–water partition coefficient (Wildman–Crippen LogP) is 4.39. The Kier molecular flexibility index (Phi) is 5.50. The van der Waals surface area contributed by atoms with Crippen molar-refractivity contribution in [3.05, 3.63) is 48.0 Å². The van der Waals surface area contributed by atoms with Crippen LogP contribution in [0.1, 0.15) is 5.56 Å². The Morgan fingerprint density at radius 2 is 1.46 bits per heavy atom. The topological polar surface area (TPSA) is 39.7 Å². The molecule has 0 aliphatic rings. The number of hydrogen-bond acceptors (Lipinski definition) is 4. The van der Waals surface area contributed by atoms with E-state index in [0.29, 0.717) is 27.7 Å². The predicted molar refractivity (Wildman–Crippen MR) is 88.0 cm³/mol. The van der Waals surface area contributed by atoms with Crippen molar-refractivity contribution in [2.45, 2.75) is 6.36 Å². The van der Waals surface area contributed by atoms with E-state index in [1.807, 2.05) is 0 Å². The molecule has 2 aromatic carbocycles. The first-order valence-electron chi connectivity index (χ1n) is 6.71. The molecular weight excluding hydrogens is 343 g/mol. The maximum atomic E-state index is 12.1. The number of halogens is 3. The molecule has 1 N–H and O–H groups in total. The van der Waals surface area contributed by atoms with Gasteiger partial charge in [0.2, 0.25) is 0 Å². The Morgan fingerprint density at radius 3 is 1.92 bits per heavy atom. The average molecular weight is 357 g/mol. The fourth-order valence-corrected chi connectivity index (χ4v) is 2.14. The molecule has 0 aromatic heterocycles. The minimum Gasteiger partial charge on any atom is -0.497 e. The summed E-state index contributed by atoms with van der Waals surface area (Å²) < 4.78 is 50.6. The van der Waals surface area contributed by atoms with Crippen LogP contribution in [0.4, 0.5) is 18.9 Å². The molecule has 0 unspecified atom stereocenters. The largest absolute Gasteiger partial charge is 0.573 e. The summed E-state index contributed by atoms with van der Waals surface area (Å²) in [6, 6.07) is 10.4. The maximum Gasteiger partial charge on any atom is 0.573 e. The van der Waals surface area contributed by atoms with Crippen molar-refractivity contribution >= 4 is 22.9 Å². The van der Waals surface area contributed by atoms with Gasteiger partial charge in [-0.2, -0.15) is 0 Å². The number of methoxy groups -OCH3 is 2. The van der Waals surface area contributed by atoms with Gasteiger partial charge in [-0.25, -0.2) is 0 Å². The Hall–Kier alpha value is -2.48. The summed E-state index contributed by atoms with van der Waals surface area (Å²) in [4.78, 5) is 0.337. The van der Waals surface area contributed by atoms with Crippen molar-refractivity contribution in [3.63, 3.8) is 0 Å². The van der Waals surface area contributed by atoms with E-state index in [9.17, 15) is 13.2 Å². The number of thiocarbonyl (C=S) groups is 1. The molecule has 24 heavy (non-hydrogen) atoms. The quantitative estimate of drug-likeness (QED) is 0.804. The number of anilines is 1. The van der Waals surface area contributed by atoms with Gasteiger partial charge in [-0.3, -0.25) is 0 Å². The normalized spacial score (nSPS) is 10.9. The fraction of sp³-hybridized carbons (Fsp3) is 0.188. The number of benzene rings is 2. The monoisotopic (exact) mass is 357 g/mol. The van der Waals surface area contributed by atoms with Gasteiger partial charge < -0.3 is 19.5 Å². The SMILES string of the molecule is COc1cc(NC(=S)c2ccc(OC(F)(F)F)cc2)cc(OC)c1. The van der Waals surface area contributed by atoms with E-state index in [4.69, 9.17) is 21.7 Å². The van der Waals surface area contributed by atoms with E-state index in [1.165, 1.54) is 38.5 Å². The van der Waals surface area contributed by atoms with Crippen LogP contribution in [0, 0.1) is 0 Å². The first kappa shape index (κ1) is 17.9. The highest BCUT2D eigenvalue weighted by molar-refractivity contribution is 7.81. The van der Waals surface area contributed by atoms with Crippen LogP contribution in [0.15, 0.2) is 42.5 Å². The van der Waals surface area contributed by atoms with E-state index in [2.05, 4.69) is 10.1 Å². The molecule has 0 aliphatic heterocycles. The van der Waals surface area contributed by atoms with E-state index in [1.54, 1.807) is 18.2 Å². The Balaban J connectivity index is 2.12. The summed E-state index contributed by atoms with van der Waals surface area (Å²) >= 11 is 5.26. The van der Waals surface area contributed by atoms with Crippen molar-refractivity contribution in [3.8, 4) is 17.2 Å². The lowest BCUT2D eigenvalue weighted by atomic mass is 10.2. The Labute approximate surface area is 142 Å². The molecule has 0 bridgehead atoms. The third-order valence-electron chi connectivity index (χ3n) is 2.96. The van der Waals surface area contributed by atoms with Crippen molar-refractivity contribution in [1.82, 2.24) is 0 Å². The van der Waals surface area contributed by atoms with Gasteiger partial charge in [0.05, 0.1) is 14.2 Å². The van der Waals surface area contributed by atoms with Crippen LogP contribution in [-0.4, -0.2) is 25.6 Å². The van der Waals surface area contributed by atoms with Gasteiger partial charge >= 0.3 is 6.36 Å². The van der Waals surface area contributed by atoms with Gasteiger partial charge in [0.1, 0.15) is 22.2 Å². The maximum absolute atomic E-state index is 12.1. The fourth-order valence-electron chi connectivity index (χ4n) is 1.89. The van der Waals surface area contributed by atoms with Crippen LogP contribution in [0.3, 0.4) is 0 Å². The van der Waals surface area contributed by atoms with Crippen LogP contribution in [0.2, 0.25) is 0 Å². The van der Waals surface area contributed by atoms with Crippen LogP contribution < -0.4 is 19.5 Å². The molecule has 0 heterocycles. The van der Waals surface area contributed by atoms with E-state index in [0.717, 1.165) is 0 Å². The molecule has 0 amide bonds. The van der Waals surface area contributed by atoms with E-state index >= 15 is 0 Å². The lowest BCUT2D eigenvalue weighted by Crippen LogP contribution is -2.17. The van der Waals surface area contributed by atoms with Crippen molar-refractivity contribution in [2.24, 2.45) is 0 Å². The highest BCUT2D eigenvalue weighted by atomic mass is 32.1. The van der Waals surface area contributed by atoms with Crippen LogP contribution >= 0.6 is 12.2 Å². The molecule has 0 saturated heterocycles. The van der Waals surface area contributed by atoms with Crippen molar-refractivity contribution in [2.75, 3.05) is 19.5 Å². The van der Waals surface area contributed by atoms with Crippen molar-refractivity contribution < 1.29 is 27.4 Å². The molecule has 128 valence electrons. The molecule has 0 aliphatic carbocycles. The van der Waals surface area contributed by atoms with Gasteiger partial charge in [-0.15, -0.1) is 13.2 Å². The van der Waals surface area contributed by atoms with Crippen LogP contribution in [-0.2, 0) is 0 Å². The zero-order chi connectivity index (χ0) is 17.7. The third-order valence-corrected chi connectivity index (χ3v) is 3.30. The lowest BCUT2D eigenvalue weighted by Gasteiger charge is -2.12. The summed E-state index contributed by atoms with van der Waals surface area (Å²) in [5, 5.41) is 2.98. The van der Waals surface area contributed by atoms with Crippen molar-refractivity contribution in [1.29, 1.82) is 0 Å². The minimum atomic E-state index is -4.72. The summed E-state index contributed by atoms with van der Waals surface area (Å²) in [5.41, 5.74) is 1.17. The molecule has 0 radical (unpaired) electrons. The van der Waals surface area contributed by atoms with Gasteiger partial charge in [-0.1, -0.05) is 12.2 Å². The van der Waals surface area contributed by atoms with Gasteiger partial charge in [-0.05, 0) is 24.3 Å². The molecule has 4 nitrogen and oxygen atoms in total.